The zero-order valence-corrected chi connectivity index (χ0v) is 13.1. The monoisotopic (exact) mass is 395 g/mol. The van der Waals surface area contributed by atoms with Crippen LogP contribution in [0.1, 0.15) is 11.4 Å². The summed E-state index contributed by atoms with van der Waals surface area (Å²) >= 11 is 0. The van der Waals surface area contributed by atoms with Crippen LogP contribution in [0.3, 0.4) is 0 Å². The van der Waals surface area contributed by atoms with Crippen LogP contribution in [0.15, 0.2) is 18.2 Å². The molecule has 0 spiro atoms. The summed E-state index contributed by atoms with van der Waals surface area (Å²) < 4.78 is 94.4. The third-order valence-corrected chi connectivity index (χ3v) is 3.30. The number of halogens is 7. The maximum absolute atomic E-state index is 13.6. The Kier molecular flexibility index (Phi) is 4.32. The molecule has 1 aromatic carbocycles. The van der Waals surface area contributed by atoms with Gasteiger partial charge in [0.05, 0.1) is 12.7 Å². The number of alkyl halides is 6. The van der Waals surface area contributed by atoms with Crippen LogP contribution in [0, 0.1) is 5.82 Å². The molecule has 0 aliphatic rings. The van der Waals surface area contributed by atoms with Crippen molar-refractivity contribution in [3.05, 3.63) is 35.4 Å². The number of aromatic nitrogens is 4. The Labute approximate surface area is 145 Å². The Morgan fingerprint density at radius 3 is 2.26 bits per heavy atom. The first kappa shape index (κ1) is 18.7. The standard InChI is InChI=1S/C14H8F7N5O/c1-27-11-10(22-5-2-3-6(7(15)4-5)13(16,17)18)23-8-9(24-11)26-12(25-8)14(19,20)21/h2-4H,1H3,(H2,22,23,24,25,26). The lowest BCUT2D eigenvalue weighted by Gasteiger charge is -2.11. The molecule has 0 fully saturated rings. The molecule has 0 saturated heterocycles. The topological polar surface area (TPSA) is 75.7 Å². The van der Waals surface area contributed by atoms with E-state index in [4.69, 9.17) is 4.74 Å². The number of benzene rings is 1. The molecular weight excluding hydrogens is 387 g/mol. The lowest BCUT2D eigenvalue weighted by atomic mass is 10.2. The highest BCUT2D eigenvalue weighted by molar-refractivity contribution is 5.73. The lowest BCUT2D eigenvalue weighted by molar-refractivity contribution is -0.144. The van der Waals surface area contributed by atoms with Crippen LogP contribution in [0.25, 0.3) is 11.3 Å². The number of rotatable bonds is 3. The molecule has 13 heteroatoms. The summed E-state index contributed by atoms with van der Waals surface area (Å²) in [5.41, 5.74) is -2.36. The lowest BCUT2D eigenvalue weighted by Crippen LogP contribution is -2.08. The molecule has 0 saturated carbocycles. The van der Waals surface area contributed by atoms with Crippen molar-refractivity contribution in [2.75, 3.05) is 12.4 Å². The van der Waals surface area contributed by atoms with Crippen LogP contribution in [-0.2, 0) is 12.4 Å². The molecule has 0 amide bonds. The quantitative estimate of drug-likeness (QED) is 0.648. The highest BCUT2D eigenvalue weighted by atomic mass is 19.4. The Hall–Kier alpha value is -3.12. The molecule has 144 valence electrons. The van der Waals surface area contributed by atoms with Crippen LogP contribution >= 0.6 is 0 Å². The molecule has 3 rings (SSSR count). The van der Waals surface area contributed by atoms with E-state index in [1.54, 1.807) is 0 Å². The number of nitrogens with one attached hydrogen (secondary N) is 2. The zero-order valence-electron chi connectivity index (χ0n) is 13.1. The van der Waals surface area contributed by atoms with E-state index >= 15 is 0 Å². The summed E-state index contributed by atoms with van der Waals surface area (Å²) in [6, 6.07) is 1.98. The Morgan fingerprint density at radius 2 is 1.70 bits per heavy atom. The fraction of sp³-hybridized carbons (Fsp3) is 0.214. The van der Waals surface area contributed by atoms with Gasteiger partial charge in [0.2, 0.25) is 5.82 Å². The van der Waals surface area contributed by atoms with Crippen LogP contribution in [0.4, 0.5) is 42.2 Å². The van der Waals surface area contributed by atoms with E-state index < -0.39 is 35.2 Å². The summed E-state index contributed by atoms with van der Waals surface area (Å²) in [7, 11) is 1.15. The van der Waals surface area contributed by atoms with Crippen molar-refractivity contribution in [3.63, 3.8) is 0 Å². The molecule has 2 aromatic heterocycles. The molecule has 0 radical (unpaired) electrons. The number of hydrogen-bond acceptors (Lipinski definition) is 5. The van der Waals surface area contributed by atoms with Crippen molar-refractivity contribution < 1.29 is 35.5 Å². The van der Waals surface area contributed by atoms with Crippen molar-refractivity contribution in [2.24, 2.45) is 0 Å². The normalized spacial score (nSPS) is 12.4. The van der Waals surface area contributed by atoms with Gasteiger partial charge in [-0.1, -0.05) is 0 Å². The number of fused-ring (bicyclic) bond motifs is 1. The van der Waals surface area contributed by atoms with E-state index in [0.29, 0.717) is 12.1 Å². The van der Waals surface area contributed by atoms with Crippen LogP contribution in [0.2, 0.25) is 0 Å². The van der Waals surface area contributed by atoms with Crippen molar-refractivity contribution in [3.8, 4) is 5.88 Å². The number of aromatic amines is 1. The Balaban J connectivity index is 2.00. The summed E-state index contributed by atoms with van der Waals surface area (Å²) in [5.74, 6) is -3.42. The minimum Gasteiger partial charge on any atom is -0.478 e. The van der Waals surface area contributed by atoms with Crippen molar-refractivity contribution >= 4 is 22.8 Å². The molecule has 2 N–H and O–H groups in total. The molecule has 3 aromatic rings. The molecule has 0 aliphatic carbocycles. The number of hydrogen-bond donors (Lipinski definition) is 2. The van der Waals surface area contributed by atoms with E-state index in [-0.39, 0.29) is 23.0 Å². The molecule has 2 heterocycles. The molecule has 0 aliphatic heterocycles. The van der Waals surface area contributed by atoms with E-state index in [0.717, 1.165) is 13.2 Å². The van der Waals surface area contributed by atoms with E-state index in [1.807, 2.05) is 4.98 Å². The van der Waals surface area contributed by atoms with Crippen LogP contribution < -0.4 is 10.1 Å². The minimum absolute atomic E-state index is 0.154. The van der Waals surface area contributed by atoms with Gasteiger partial charge in [-0.15, -0.1) is 0 Å². The van der Waals surface area contributed by atoms with Crippen molar-refractivity contribution in [1.29, 1.82) is 0 Å². The third-order valence-electron chi connectivity index (χ3n) is 3.30. The molecule has 0 atom stereocenters. The number of ether oxygens (including phenoxy) is 1. The third kappa shape index (κ3) is 3.71. The van der Waals surface area contributed by atoms with Crippen molar-refractivity contribution in [2.45, 2.75) is 12.4 Å². The number of imidazole rings is 1. The summed E-state index contributed by atoms with van der Waals surface area (Å²) in [6.45, 7) is 0. The summed E-state index contributed by atoms with van der Waals surface area (Å²) in [6.07, 6.45) is -9.64. The predicted octanol–water partition coefficient (Wildman–Crippen LogP) is 4.28. The second kappa shape index (κ2) is 6.25. The first-order valence-corrected chi connectivity index (χ1v) is 7.01. The number of methoxy groups -OCH3 is 1. The van der Waals surface area contributed by atoms with Gasteiger partial charge in [0.25, 0.3) is 5.88 Å². The molecule has 27 heavy (non-hydrogen) atoms. The average Bonchev–Trinajstić information content (AvgIpc) is 2.96. The van der Waals surface area contributed by atoms with Crippen molar-refractivity contribution in [1.82, 2.24) is 19.9 Å². The number of anilines is 2. The van der Waals surface area contributed by atoms with Gasteiger partial charge < -0.3 is 15.0 Å². The fourth-order valence-corrected chi connectivity index (χ4v) is 2.14. The molecule has 6 nitrogen and oxygen atoms in total. The fourth-order valence-electron chi connectivity index (χ4n) is 2.14. The molecule has 0 bridgehead atoms. The van der Waals surface area contributed by atoms with Crippen LogP contribution in [-0.4, -0.2) is 27.0 Å². The van der Waals surface area contributed by atoms with Gasteiger partial charge in [-0.2, -0.15) is 31.3 Å². The van der Waals surface area contributed by atoms with Gasteiger partial charge in [0, 0.05) is 5.69 Å². The number of nitrogens with zero attached hydrogens (tertiary/aromatic N) is 3. The van der Waals surface area contributed by atoms with Gasteiger partial charge >= 0.3 is 12.4 Å². The first-order chi connectivity index (χ1) is 12.5. The van der Waals surface area contributed by atoms with E-state index in [1.165, 1.54) is 0 Å². The van der Waals surface area contributed by atoms with Gasteiger partial charge in [0.1, 0.15) is 5.82 Å². The molecular formula is C14H8F7N5O. The van der Waals surface area contributed by atoms with Gasteiger partial charge in [-0.05, 0) is 18.2 Å². The minimum atomic E-state index is -4.87. The smallest absolute Gasteiger partial charge is 0.449 e. The Morgan fingerprint density at radius 1 is 1.00 bits per heavy atom. The second-order valence-electron chi connectivity index (χ2n) is 5.15. The maximum atomic E-state index is 13.6. The average molecular weight is 395 g/mol. The highest BCUT2D eigenvalue weighted by Crippen LogP contribution is 2.34. The van der Waals surface area contributed by atoms with Gasteiger partial charge in [0.15, 0.2) is 17.1 Å². The summed E-state index contributed by atoms with van der Waals surface area (Å²) in [4.78, 5) is 12.7. The van der Waals surface area contributed by atoms with Gasteiger partial charge in [-0.3, -0.25) is 0 Å². The molecule has 0 unspecified atom stereocenters. The first-order valence-electron chi connectivity index (χ1n) is 7.01. The number of H-pyrrole nitrogens is 1. The van der Waals surface area contributed by atoms with Crippen LogP contribution in [0.5, 0.6) is 5.88 Å². The zero-order chi connectivity index (χ0) is 20.0. The van der Waals surface area contributed by atoms with Gasteiger partial charge in [-0.25, -0.2) is 14.4 Å². The Bertz CT molecular complexity index is 996. The second-order valence-corrected chi connectivity index (χ2v) is 5.15. The largest absolute Gasteiger partial charge is 0.478 e. The van der Waals surface area contributed by atoms with E-state index in [9.17, 15) is 30.7 Å². The SMILES string of the molecule is COc1nc2[nH]c(C(F)(F)F)nc2nc1Nc1ccc(C(F)(F)F)c(F)c1. The predicted molar refractivity (Wildman–Crippen MR) is 77.9 cm³/mol. The maximum Gasteiger partial charge on any atom is 0.449 e. The highest BCUT2D eigenvalue weighted by Gasteiger charge is 2.36. The summed E-state index contributed by atoms with van der Waals surface area (Å²) in [5, 5.41) is 2.44. The van der Waals surface area contributed by atoms with E-state index in [2.05, 4.69) is 20.3 Å².